The Morgan fingerprint density at radius 1 is 1.26 bits per heavy atom. The number of ether oxygens (including phenoxy) is 3. The number of hydrogen-bond donors (Lipinski definition) is 2. The first-order valence-electron chi connectivity index (χ1n) is 13.0. The number of hydrogen-bond acceptors (Lipinski definition) is 9. The van der Waals surface area contributed by atoms with Gasteiger partial charge in [0.05, 0.1) is 25.8 Å². The van der Waals surface area contributed by atoms with E-state index in [1.807, 2.05) is 6.07 Å². The fourth-order valence-corrected chi connectivity index (χ4v) is 5.34. The topological polar surface area (TPSA) is 135 Å². The molecule has 2 N–H and O–H groups in total. The van der Waals surface area contributed by atoms with Gasteiger partial charge in [-0.15, -0.1) is 0 Å². The van der Waals surface area contributed by atoms with Crippen LogP contribution in [0.5, 0.6) is 11.6 Å². The fourth-order valence-electron chi connectivity index (χ4n) is 5.34. The predicted molar refractivity (Wildman–Crippen MR) is 135 cm³/mol. The lowest BCUT2D eigenvalue weighted by Crippen LogP contribution is -2.55. The molecule has 1 aromatic heterocycles. The summed E-state index contributed by atoms with van der Waals surface area (Å²) in [4.78, 5) is 46.8. The van der Waals surface area contributed by atoms with Crippen molar-refractivity contribution in [2.45, 2.75) is 38.4 Å². The summed E-state index contributed by atoms with van der Waals surface area (Å²) in [5.74, 6) is 0.876. The summed E-state index contributed by atoms with van der Waals surface area (Å²) in [5.41, 5.74) is 1.70. The van der Waals surface area contributed by atoms with E-state index in [0.717, 1.165) is 17.5 Å². The number of aromatic nitrogens is 2. The fraction of sp³-hybridized carbons (Fsp3) is 0.500. The van der Waals surface area contributed by atoms with Gasteiger partial charge in [-0.1, -0.05) is 0 Å². The molecule has 2 unspecified atom stereocenters. The Kier molecular flexibility index (Phi) is 6.67. The van der Waals surface area contributed by atoms with Crippen LogP contribution >= 0.6 is 0 Å². The molecule has 206 valence electrons. The maximum Gasteiger partial charge on any atom is 0.415 e. The van der Waals surface area contributed by atoms with Gasteiger partial charge in [-0.05, 0) is 55.5 Å². The van der Waals surface area contributed by atoms with Crippen molar-refractivity contribution in [2.24, 2.45) is 5.92 Å². The smallest absolute Gasteiger partial charge is 0.415 e. The number of cyclic esters (lactones) is 1. The third-order valence-corrected chi connectivity index (χ3v) is 7.41. The Hall–Kier alpha value is -4.00. The number of amides is 3. The van der Waals surface area contributed by atoms with E-state index in [-0.39, 0.29) is 59.9 Å². The summed E-state index contributed by atoms with van der Waals surface area (Å²) < 4.78 is 31.3. The Balaban J connectivity index is 0.953. The van der Waals surface area contributed by atoms with Crippen LogP contribution in [0.4, 0.5) is 20.8 Å². The third kappa shape index (κ3) is 5.31. The van der Waals surface area contributed by atoms with Crippen molar-refractivity contribution in [2.75, 3.05) is 49.5 Å². The van der Waals surface area contributed by atoms with Crippen LogP contribution in [0, 0.1) is 11.7 Å². The molecular weight excluding hydrogens is 511 g/mol. The molecule has 2 aromatic rings. The van der Waals surface area contributed by atoms with Crippen molar-refractivity contribution in [1.82, 2.24) is 20.2 Å². The number of anilines is 2. The van der Waals surface area contributed by atoms with Crippen LogP contribution in [0.1, 0.15) is 24.5 Å². The van der Waals surface area contributed by atoms with Crippen molar-refractivity contribution >= 4 is 29.5 Å². The highest BCUT2D eigenvalue weighted by Gasteiger charge is 2.35. The molecular formula is C26H29FN6O6. The third-order valence-electron chi connectivity index (χ3n) is 7.41. The van der Waals surface area contributed by atoms with Crippen molar-refractivity contribution in [3.8, 4) is 11.6 Å². The highest BCUT2D eigenvalue weighted by molar-refractivity contribution is 5.94. The average Bonchev–Trinajstić information content (AvgIpc) is 3.46. The lowest BCUT2D eigenvalue weighted by Gasteiger charge is -2.38. The summed E-state index contributed by atoms with van der Waals surface area (Å²) in [6, 6.07) is 3.36. The highest BCUT2D eigenvalue weighted by Crippen LogP contribution is 2.33. The van der Waals surface area contributed by atoms with Gasteiger partial charge in [0.1, 0.15) is 23.8 Å². The number of benzene rings is 1. The molecule has 4 aliphatic rings. The van der Waals surface area contributed by atoms with Gasteiger partial charge in [-0.2, -0.15) is 0 Å². The second-order valence-electron chi connectivity index (χ2n) is 10.3. The van der Waals surface area contributed by atoms with Crippen LogP contribution in [0.3, 0.4) is 0 Å². The van der Waals surface area contributed by atoms with Gasteiger partial charge in [-0.25, -0.2) is 19.2 Å². The second kappa shape index (κ2) is 10.3. The Bertz CT molecular complexity index is 1320. The van der Waals surface area contributed by atoms with Crippen LogP contribution in [0.15, 0.2) is 18.3 Å². The van der Waals surface area contributed by atoms with Crippen LogP contribution < -0.4 is 25.0 Å². The number of nitrogens with zero attached hydrogens (tertiary/aromatic N) is 4. The maximum atomic E-state index is 14.8. The molecule has 0 bridgehead atoms. The zero-order valence-electron chi connectivity index (χ0n) is 21.4. The van der Waals surface area contributed by atoms with Crippen LogP contribution in [0.25, 0.3) is 0 Å². The van der Waals surface area contributed by atoms with E-state index in [9.17, 15) is 18.8 Å². The number of fused-ring (bicyclic) bond motifs is 2. The molecule has 0 saturated carbocycles. The Morgan fingerprint density at radius 2 is 2.10 bits per heavy atom. The number of nitrogens with one attached hydrogen (secondary N) is 2. The van der Waals surface area contributed by atoms with Gasteiger partial charge < -0.3 is 29.7 Å². The molecule has 3 amide bonds. The molecule has 6 rings (SSSR count). The van der Waals surface area contributed by atoms with Gasteiger partial charge in [-0.3, -0.25) is 14.5 Å². The average molecular weight is 541 g/mol. The molecule has 39 heavy (non-hydrogen) atoms. The molecule has 3 aliphatic heterocycles. The SMILES string of the molecule is CC(=O)N1CC(Oc2cc(F)c3c(c2)CC(CNCCC2CN(c4cnc5c(n4)NC(=O)CO5)C(=O)O2)C3)C1. The summed E-state index contributed by atoms with van der Waals surface area (Å²) in [6.45, 7) is 4.12. The van der Waals surface area contributed by atoms with Crippen molar-refractivity contribution in [3.05, 3.63) is 35.3 Å². The van der Waals surface area contributed by atoms with E-state index < -0.39 is 6.09 Å². The number of likely N-dealkylation sites (tertiary alicyclic amines) is 1. The number of rotatable bonds is 8. The Morgan fingerprint density at radius 3 is 2.92 bits per heavy atom. The monoisotopic (exact) mass is 540 g/mol. The van der Waals surface area contributed by atoms with Gasteiger partial charge in [0.2, 0.25) is 5.91 Å². The first-order valence-corrected chi connectivity index (χ1v) is 13.0. The van der Waals surface area contributed by atoms with E-state index in [2.05, 4.69) is 20.6 Å². The minimum absolute atomic E-state index is 0.0179. The van der Waals surface area contributed by atoms with Crippen molar-refractivity contribution < 1.29 is 33.0 Å². The van der Waals surface area contributed by atoms with Crippen LogP contribution in [0.2, 0.25) is 0 Å². The van der Waals surface area contributed by atoms with Crippen LogP contribution in [-0.4, -0.2) is 84.3 Å². The van der Waals surface area contributed by atoms with E-state index >= 15 is 0 Å². The van der Waals surface area contributed by atoms with E-state index in [0.29, 0.717) is 51.3 Å². The molecule has 12 nitrogen and oxygen atoms in total. The van der Waals surface area contributed by atoms with E-state index in [1.54, 1.807) is 4.90 Å². The first kappa shape index (κ1) is 25.3. The maximum absolute atomic E-state index is 14.8. The zero-order valence-corrected chi connectivity index (χ0v) is 21.4. The molecule has 13 heteroatoms. The van der Waals surface area contributed by atoms with Gasteiger partial charge in [0.15, 0.2) is 18.2 Å². The number of carbonyl (C=O) groups excluding carboxylic acids is 3. The van der Waals surface area contributed by atoms with E-state index in [1.165, 1.54) is 24.1 Å². The first-order chi connectivity index (χ1) is 18.8. The molecule has 0 radical (unpaired) electrons. The minimum atomic E-state index is -0.520. The molecule has 4 heterocycles. The minimum Gasteiger partial charge on any atom is -0.487 e. The van der Waals surface area contributed by atoms with Crippen LogP contribution in [-0.2, 0) is 27.2 Å². The predicted octanol–water partition coefficient (Wildman–Crippen LogP) is 1.28. The zero-order chi connectivity index (χ0) is 27.1. The highest BCUT2D eigenvalue weighted by atomic mass is 19.1. The quantitative estimate of drug-likeness (QED) is 0.475. The largest absolute Gasteiger partial charge is 0.487 e. The Labute approximate surface area is 223 Å². The summed E-state index contributed by atoms with van der Waals surface area (Å²) in [7, 11) is 0. The molecule has 2 fully saturated rings. The normalized spacial score (nSPS) is 22.0. The molecule has 2 atom stereocenters. The molecule has 1 aliphatic carbocycles. The summed E-state index contributed by atoms with van der Waals surface area (Å²) in [6.07, 6.45) is 2.48. The van der Waals surface area contributed by atoms with Gasteiger partial charge in [0.25, 0.3) is 11.8 Å². The summed E-state index contributed by atoms with van der Waals surface area (Å²) >= 11 is 0. The van der Waals surface area contributed by atoms with Crippen molar-refractivity contribution in [3.63, 3.8) is 0 Å². The van der Waals surface area contributed by atoms with Gasteiger partial charge in [0, 0.05) is 13.0 Å². The second-order valence-corrected chi connectivity index (χ2v) is 10.3. The number of halogens is 1. The lowest BCUT2D eigenvalue weighted by atomic mass is 10.1. The lowest BCUT2D eigenvalue weighted by molar-refractivity contribution is -0.137. The van der Waals surface area contributed by atoms with E-state index in [4.69, 9.17) is 14.2 Å². The number of carbonyl (C=O) groups is 3. The molecule has 1 aromatic carbocycles. The standard InChI is InChI=1S/C26H29FN6O6/c1-14(34)32-10-19(11-32)38-18-6-16-4-15(5-20(16)21(27)7-18)8-28-3-2-17-12-33(26(36)39-17)22-9-29-25-24(30-22)31-23(35)13-37-25/h6-7,9,15,17,19,28H,2-5,8,10-13H2,1H3,(H,30,31,35). The molecule has 2 saturated heterocycles. The summed E-state index contributed by atoms with van der Waals surface area (Å²) in [5, 5.41) is 5.99. The van der Waals surface area contributed by atoms with Gasteiger partial charge >= 0.3 is 6.09 Å². The van der Waals surface area contributed by atoms with Crippen molar-refractivity contribution in [1.29, 1.82) is 0 Å². The molecule has 0 spiro atoms.